The fraction of sp³-hybridized carbons (Fsp3) is 0.857. The van der Waals surface area contributed by atoms with E-state index in [2.05, 4.69) is 12.2 Å². The first-order valence-corrected chi connectivity index (χ1v) is 7.18. The number of hydrogen-bond donors (Lipinski definition) is 3. The second-order valence-electron chi connectivity index (χ2n) is 5.83. The minimum Gasteiger partial charge on any atom is -0.480 e. The Morgan fingerprint density at radius 3 is 2.42 bits per heavy atom. The van der Waals surface area contributed by atoms with Crippen molar-refractivity contribution in [1.29, 1.82) is 0 Å². The van der Waals surface area contributed by atoms with E-state index >= 15 is 0 Å². The third kappa shape index (κ3) is 4.20. The molecule has 0 heterocycles. The molecule has 5 nitrogen and oxygen atoms in total. The van der Waals surface area contributed by atoms with Crippen LogP contribution in [0.4, 0.5) is 0 Å². The monoisotopic (exact) mass is 270 g/mol. The van der Waals surface area contributed by atoms with Crippen LogP contribution in [0.5, 0.6) is 0 Å². The maximum absolute atomic E-state index is 11.9. The van der Waals surface area contributed by atoms with E-state index in [9.17, 15) is 14.7 Å². The largest absolute Gasteiger partial charge is 0.480 e. The second kappa shape index (κ2) is 6.89. The summed E-state index contributed by atoms with van der Waals surface area (Å²) >= 11 is 0. The van der Waals surface area contributed by atoms with Crippen LogP contribution >= 0.6 is 0 Å². The van der Waals surface area contributed by atoms with Crippen LogP contribution in [-0.2, 0) is 9.59 Å². The summed E-state index contributed by atoms with van der Waals surface area (Å²) in [6.07, 6.45) is 4.18. The molecular weight excluding hydrogens is 244 g/mol. The van der Waals surface area contributed by atoms with Crippen molar-refractivity contribution in [1.82, 2.24) is 5.32 Å². The number of carboxylic acids is 1. The summed E-state index contributed by atoms with van der Waals surface area (Å²) in [6, 6.07) is 0. The van der Waals surface area contributed by atoms with Crippen LogP contribution in [0.25, 0.3) is 0 Å². The third-order valence-electron chi connectivity index (χ3n) is 4.26. The van der Waals surface area contributed by atoms with Crippen molar-refractivity contribution in [2.24, 2.45) is 17.6 Å². The lowest BCUT2D eigenvalue weighted by molar-refractivity contribution is -0.149. The van der Waals surface area contributed by atoms with Gasteiger partial charge in [0.25, 0.3) is 0 Å². The van der Waals surface area contributed by atoms with E-state index in [-0.39, 0.29) is 11.8 Å². The van der Waals surface area contributed by atoms with Crippen LogP contribution in [0.2, 0.25) is 0 Å². The lowest BCUT2D eigenvalue weighted by Gasteiger charge is -2.37. The van der Waals surface area contributed by atoms with Crippen LogP contribution in [-0.4, -0.2) is 29.1 Å². The van der Waals surface area contributed by atoms with Gasteiger partial charge >= 0.3 is 5.97 Å². The van der Waals surface area contributed by atoms with E-state index in [1.54, 1.807) is 0 Å². The van der Waals surface area contributed by atoms with Gasteiger partial charge in [0.1, 0.15) is 5.54 Å². The van der Waals surface area contributed by atoms with Gasteiger partial charge < -0.3 is 16.2 Å². The first-order chi connectivity index (χ1) is 8.93. The van der Waals surface area contributed by atoms with Crippen molar-refractivity contribution in [3.05, 3.63) is 0 Å². The molecule has 1 rings (SSSR count). The molecule has 0 bridgehead atoms. The first-order valence-electron chi connectivity index (χ1n) is 7.18. The zero-order valence-corrected chi connectivity index (χ0v) is 11.9. The predicted octanol–water partition coefficient (Wildman–Crippen LogP) is 1.51. The number of nitrogens with one attached hydrogen (secondary N) is 1. The zero-order chi connectivity index (χ0) is 14.5. The van der Waals surface area contributed by atoms with E-state index in [1.807, 2.05) is 6.92 Å². The number of amides is 1. The molecule has 0 radical (unpaired) electrons. The molecule has 1 aliphatic carbocycles. The van der Waals surface area contributed by atoms with Crippen molar-refractivity contribution in [3.63, 3.8) is 0 Å². The summed E-state index contributed by atoms with van der Waals surface area (Å²) < 4.78 is 0. The highest BCUT2D eigenvalue weighted by Gasteiger charge is 2.42. The Balaban J connectivity index is 2.63. The van der Waals surface area contributed by atoms with Gasteiger partial charge in [-0.2, -0.15) is 0 Å². The molecule has 4 N–H and O–H groups in total. The Labute approximate surface area is 114 Å². The number of carboxylic acid groups (broad SMARTS) is 1. The Morgan fingerprint density at radius 1 is 1.42 bits per heavy atom. The van der Waals surface area contributed by atoms with E-state index in [0.717, 1.165) is 19.3 Å². The fourth-order valence-corrected chi connectivity index (χ4v) is 2.69. The maximum Gasteiger partial charge on any atom is 0.329 e. The zero-order valence-electron chi connectivity index (χ0n) is 11.9. The van der Waals surface area contributed by atoms with Gasteiger partial charge in [0.05, 0.1) is 0 Å². The Morgan fingerprint density at radius 2 is 2.00 bits per heavy atom. The molecular formula is C14H26N2O3. The fourth-order valence-electron chi connectivity index (χ4n) is 2.69. The van der Waals surface area contributed by atoms with Crippen molar-refractivity contribution >= 4 is 11.9 Å². The Hall–Kier alpha value is -1.10. The topological polar surface area (TPSA) is 92.4 Å². The standard InChI is InChI=1S/C14H26N2O3/c1-3-11-4-6-14(7-5-11,13(18)19)16-12(17)8-10(2)9-15/h10-11H,3-9,15H2,1-2H3,(H,16,17)(H,18,19). The van der Waals surface area contributed by atoms with Crippen molar-refractivity contribution < 1.29 is 14.7 Å². The average molecular weight is 270 g/mol. The van der Waals surface area contributed by atoms with Crippen molar-refractivity contribution in [2.75, 3.05) is 6.54 Å². The van der Waals surface area contributed by atoms with Crippen LogP contribution in [0.15, 0.2) is 0 Å². The normalized spacial score (nSPS) is 28.7. The Kier molecular flexibility index (Phi) is 5.79. The van der Waals surface area contributed by atoms with Crippen molar-refractivity contribution in [2.45, 2.75) is 57.9 Å². The lowest BCUT2D eigenvalue weighted by atomic mass is 9.75. The number of hydrogen-bond acceptors (Lipinski definition) is 3. The van der Waals surface area contributed by atoms with Gasteiger partial charge in [-0.05, 0) is 44.1 Å². The van der Waals surface area contributed by atoms with Crippen LogP contribution in [0.3, 0.4) is 0 Å². The van der Waals surface area contributed by atoms with Gasteiger partial charge in [0.15, 0.2) is 0 Å². The van der Waals surface area contributed by atoms with Crippen LogP contribution in [0.1, 0.15) is 52.4 Å². The highest BCUT2D eigenvalue weighted by molar-refractivity contribution is 5.87. The summed E-state index contributed by atoms with van der Waals surface area (Å²) in [6.45, 7) is 4.45. The number of carbonyl (C=O) groups is 2. The van der Waals surface area contributed by atoms with Gasteiger partial charge in [-0.1, -0.05) is 20.3 Å². The highest BCUT2D eigenvalue weighted by atomic mass is 16.4. The molecule has 110 valence electrons. The molecule has 1 saturated carbocycles. The molecule has 0 spiro atoms. The molecule has 0 aliphatic heterocycles. The quantitative estimate of drug-likeness (QED) is 0.682. The molecule has 0 aromatic heterocycles. The summed E-state index contributed by atoms with van der Waals surface area (Å²) in [7, 11) is 0. The maximum atomic E-state index is 11.9. The van der Waals surface area contributed by atoms with Gasteiger partial charge in [-0.25, -0.2) is 4.79 Å². The van der Waals surface area contributed by atoms with Gasteiger partial charge in [-0.15, -0.1) is 0 Å². The SMILES string of the molecule is CCC1CCC(NC(=O)CC(C)CN)(C(=O)O)CC1. The van der Waals surface area contributed by atoms with Gasteiger partial charge in [0.2, 0.25) is 5.91 Å². The molecule has 1 aliphatic rings. The number of aliphatic carboxylic acids is 1. The average Bonchev–Trinajstić information content (AvgIpc) is 2.39. The van der Waals surface area contributed by atoms with E-state index in [0.29, 0.717) is 31.7 Å². The van der Waals surface area contributed by atoms with Gasteiger partial charge in [0, 0.05) is 6.42 Å². The molecule has 0 saturated heterocycles. The molecule has 1 fully saturated rings. The number of rotatable bonds is 6. The highest BCUT2D eigenvalue weighted by Crippen LogP contribution is 2.34. The van der Waals surface area contributed by atoms with E-state index in [1.165, 1.54) is 0 Å². The lowest BCUT2D eigenvalue weighted by Crippen LogP contribution is -2.56. The smallest absolute Gasteiger partial charge is 0.329 e. The van der Waals surface area contributed by atoms with Crippen LogP contribution < -0.4 is 11.1 Å². The van der Waals surface area contributed by atoms with Crippen molar-refractivity contribution in [3.8, 4) is 0 Å². The summed E-state index contributed by atoms with van der Waals surface area (Å²) in [4.78, 5) is 23.4. The summed E-state index contributed by atoms with van der Waals surface area (Å²) in [5, 5.41) is 12.2. The van der Waals surface area contributed by atoms with Crippen LogP contribution in [0, 0.1) is 11.8 Å². The first kappa shape index (κ1) is 16.0. The summed E-state index contributed by atoms with van der Waals surface area (Å²) in [5.74, 6) is -0.434. The molecule has 0 aromatic carbocycles. The molecule has 1 unspecified atom stereocenters. The minimum atomic E-state index is -1.06. The van der Waals surface area contributed by atoms with Gasteiger partial charge in [-0.3, -0.25) is 4.79 Å². The minimum absolute atomic E-state index is 0.0813. The van der Waals surface area contributed by atoms with E-state index < -0.39 is 11.5 Å². The molecule has 1 amide bonds. The summed E-state index contributed by atoms with van der Waals surface area (Å²) in [5.41, 5.74) is 4.43. The predicted molar refractivity (Wildman–Crippen MR) is 73.6 cm³/mol. The second-order valence-corrected chi connectivity index (χ2v) is 5.83. The Bertz CT molecular complexity index is 323. The third-order valence-corrected chi connectivity index (χ3v) is 4.26. The number of carbonyl (C=O) groups excluding carboxylic acids is 1. The van der Waals surface area contributed by atoms with E-state index in [4.69, 9.17) is 5.73 Å². The molecule has 19 heavy (non-hydrogen) atoms. The molecule has 1 atom stereocenters. The molecule has 0 aromatic rings. The number of nitrogens with two attached hydrogens (primary N) is 1. The molecule has 5 heteroatoms.